The summed E-state index contributed by atoms with van der Waals surface area (Å²) >= 11 is 3.42. The monoisotopic (exact) mass is 674 g/mol. The zero-order valence-corrected chi connectivity index (χ0v) is 26.9. The van der Waals surface area contributed by atoms with Gasteiger partial charge in [-0.15, -0.1) is 0 Å². The molecule has 0 spiro atoms. The minimum atomic E-state index is -4.49. The van der Waals surface area contributed by atoms with Crippen LogP contribution >= 0.6 is 15.9 Å². The maximum absolute atomic E-state index is 14.0. The largest absolute Gasteiger partial charge is 0.497 e. The number of rotatable bonds is 14. The van der Waals surface area contributed by atoms with Gasteiger partial charge in [-0.05, 0) is 68.3 Å². The lowest BCUT2D eigenvalue weighted by atomic mass is 10.1. The van der Waals surface area contributed by atoms with Crippen molar-refractivity contribution in [2.75, 3.05) is 24.5 Å². The number of unbranched alkanes of at least 4 members (excludes halogenated alkanes) is 1. The number of benzene rings is 3. The van der Waals surface area contributed by atoms with Gasteiger partial charge in [0.2, 0.25) is 11.8 Å². The normalized spacial score (nSPS) is 11.8. The third-order valence-corrected chi connectivity index (χ3v) is 9.11. The van der Waals surface area contributed by atoms with Crippen LogP contribution in [0.5, 0.6) is 5.75 Å². The zero-order valence-electron chi connectivity index (χ0n) is 24.4. The van der Waals surface area contributed by atoms with Gasteiger partial charge in [-0.1, -0.05) is 47.5 Å². The van der Waals surface area contributed by atoms with Crippen LogP contribution in [0.2, 0.25) is 0 Å². The Morgan fingerprint density at radius 3 is 2.40 bits per heavy atom. The van der Waals surface area contributed by atoms with Crippen molar-refractivity contribution in [2.24, 2.45) is 0 Å². The maximum Gasteiger partial charge on any atom is 0.273 e. The fourth-order valence-electron chi connectivity index (χ4n) is 4.30. The zero-order chi connectivity index (χ0) is 31.7. The summed E-state index contributed by atoms with van der Waals surface area (Å²) in [6.45, 7) is 4.90. The van der Waals surface area contributed by atoms with E-state index in [0.29, 0.717) is 17.9 Å². The Morgan fingerprint density at radius 1 is 1.09 bits per heavy atom. The quantitative estimate of drug-likeness (QED) is 0.141. The van der Waals surface area contributed by atoms with Gasteiger partial charge in [-0.3, -0.25) is 24.0 Å². The molecule has 43 heavy (non-hydrogen) atoms. The SMILES string of the molecule is CCCCNC(=O)[C@@H](C)N(Cc1cccc(Br)c1)C(=O)CN(c1ccc(OC)cc1)S(=O)(=O)c1ccc(C)c([N+](=O)[O-])c1. The van der Waals surface area contributed by atoms with E-state index in [4.69, 9.17) is 4.74 Å². The molecule has 0 aromatic heterocycles. The molecule has 3 aromatic carbocycles. The van der Waals surface area contributed by atoms with Crippen LogP contribution in [0.3, 0.4) is 0 Å². The van der Waals surface area contributed by atoms with Crippen LogP contribution in [-0.2, 0) is 26.2 Å². The molecule has 0 aliphatic carbocycles. The molecule has 1 atom stereocenters. The summed E-state index contributed by atoms with van der Waals surface area (Å²) < 4.78 is 34.9. The number of nitro benzene ring substituents is 1. The average molecular weight is 676 g/mol. The molecule has 1 N–H and O–H groups in total. The van der Waals surface area contributed by atoms with E-state index in [9.17, 15) is 28.1 Å². The molecule has 0 radical (unpaired) electrons. The highest BCUT2D eigenvalue weighted by atomic mass is 79.9. The van der Waals surface area contributed by atoms with E-state index in [0.717, 1.165) is 33.2 Å². The molecule has 0 fully saturated rings. The Kier molecular flexibility index (Phi) is 11.7. The van der Waals surface area contributed by atoms with Crippen molar-refractivity contribution in [1.82, 2.24) is 10.2 Å². The standard InChI is InChI=1S/C30H35BrN4O7S/c1-5-6-16-32-30(37)22(3)33(19-23-8-7-9-24(31)17-23)29(36)20-34(25-11-13-26(42-4)14-12-25)43(40,41)27-15-10-21(2)28(18-27)35(38)39/h7-15,17-18,22H,5-6,16,19-20H2,1-4H3,(H,32,37)/t22-/m1/s1. The number of halogens is 1. The van der Waals surface area contributed by atoms with Crippen molar-refractivity contribution in [3.05, 3.63) is 92.4 Å². The second-order valence-electron chi connectivity index (χ2n) is 9.89. The Morgan fingerprint density at radius 2 is 1.79 bits per heavy atom. The van der Waals surface area contributed by atoms with E-state index >= 15 is 0 Å². The van der Waals surface area contributed by atoms with Crippen LogP contribution in [0, 0.1) is 17.0 Å². The van der Waals surface area contributed by atoms with Gasteiger partial charge in [0.15, 0.2) is 0 Å². The highest BCUT2D eigenvalue weighted by Gasteiger charge is 2.33. The molecule has 0 heterocycles. The van der Waals surface area contributed by atoms with Crippen molar-refractivity contribution in [3.63, 3.8) is 0 Å². The van der Waals surface area contributed by atoms with E-state index in [1.807, 2.05) is 19.1 Å². The fraction of sp³-hybridized carbons (Fsp3) is 0.333. The van der Waals surface area contributed by atoms with Crippen LogP contribution < -0.4 is 14.4 Å². The first-order valence-electron chi connectivity index (χ1n) is 13.6. The second-order valence-corrected chi connectivity index (χ2v) is 12.7. The number of amides is 2. The number of ether oxygens (including phenoxy) is 1. The molecule has 2 amide bonds. The topological polar surface area (TPSA) is 139 Å². The molecule has 230 valence electrons. The molecule has 0 aliphatic rings. The van der Waals surface area contributed by atoms with Crippen molar-refractivity contribution in [2.45, 2.75) is 51.1 Å². The first-order valence-corrected chi connectivity index (χ1v) is 15.9. The van der Waals surface area contributed by atoms with Crippen molar-refractivity contribution >= 4 is 49.1 Å². The van der Waals surface area contributed by atoms with Crippen molar-refractivity contribution in [3.8, 4) is 5.75 Å². The number of hydrogen-bond acceptors (Lipinski definition) is 7. The number of hydrogen-bond donors (Lipinski definition) is 1. The molecular weight excluding hydrogens is 640 g/mol. The molecule has 0 saturated heterocycles. The lowest BCUT2D eigenvalue weighted by Crippen LogP contribution is -2.51. The molecule has 3 aromatic rings. The summed E-state index contributed by atoms with van der Waals surface area (Å²) in [6.07, 6.45) is 1.64. The number of nitrogens with one attached hydrogen (secondary N) is 1. The molecule has 0 saturated carbocycles. The molecule has 11 nitrogen and oxygen atoms in total. The summed E-state index contributed by atoms with van der Waals surface area (Å²) in [5, 5.41) is 14.4. The smallest absolute Gasteiger partial charge is 0.273 e. The van der Waals surface area contributed by atoms with Gasteiger partial charge >= 0.3 is 0 Å². The lowest BCUT2D eigenvalue weighted by Gasteiger charge is -2.32. The summed E-state index contributed by atoms with van der Waals surface area (Å²) in [4.78, 5) is 39.0. The van der Waals surface area contributed by atoms with Crippen molar-refractivity contribution < 1.29 is 27.7 Å². The van der Waals surface area contributed by atoms with Crippen LogP contribution in [-0.4, -0.2) is 56.3 Å². The predicted octanol–water partition coefficient (Wildman–Crippen LogP) is 5.20. The number of methoxy groups -OCH3 is 1. The van der Waals surface area contributed by atoms with E-state index in [2.05, 4.69) is 21.2 Å². The summed E-state index contributed by atoms with van der Waals surface area (Å²) in [5.74, 6) is -0.545. The minimum absolute atomic E-state index is 0.0349. The summed E-state index contributed by atoms with van der Waals surface area (Å²) in [5.41, 5.74) is 0.790. The van der Waals surface area contributed by atoms with Gasteiger partial charge in [0.1, 0.15) is 18.3 Å². The van der Waals surface area contributed by atoms with Gasteiger partial charge in [0.05, 0.1) is 22.6 Å². The number of nitrogens with zero attached hydrogens (tertiary/aromatic N) is 3. The Bertz CT molecular complexity index is 1560. The van der Waals surface area contributed by atoms with Gasteiger partial charge in [-0.2, -0.15) is 0 Å². The first kappa shape index (κ1) is 33.5. The number of aryl methyl sites for hydroxylation is 1. The summed E-state index contributed by atoms with van der Waals surface area (Å²) in [6, 6.07) is 16.0. The van der Waals surface area contributed by atoms with Gasteiger partial charge < -0.3 is 15.0 Å². The lowest BCUT2D eigenvalue weighted by molar-refractivity contribution is -0.385. The van der Waals surface area contributed by atoms with Gasteiger partial charge in [0, 0.05) is 29.2 Å². The number of carbonyl (C=O) groups is 2. The van der Waals surface area contributed by atoms with E-state index < -0.39 is 33.4 Å². The Balaban J connectivity index is 2.07. The van der Waals surface area contributed by atoms with E-state index in [1.165, 1.54) is 43.2 Å². The van der Waals surface area contributed by atoms with Crippen molar-refractivity contribution in [1.29, 1.82) is 0 Å². The van der Waals surface area contributed by atoms with Gasteiger partial charge in [-0.25, -0.2) is 8.42 Å². The Labute approximate surface area is 260 Å². The Hall–Kier alpha value is -3.97. The van der Waals surface area contributed by atoms with Gasteiger partial charge in [0.25, 0.3) is 15.7 Å². The first-order chi connectivity index (χ1) is 20.4. The highest BCUT2D eigenvalue weighted by Crippen LogP contribution is 2.29. The predicted molar refractivity (Wildman–Crippen MR) is 167 cm³/mol. The summed E-state index contributed by atoms with van der Waals surface area (Å²) in [7, 11) is -3.02. The molecule has 0 aliphatic heterocycles. The van der Waals surface area contributed by atoms with Crippen LogP contribution in [0.25, 0.3) is 0 Å². The molecule has 3 rings (SSSR count). The van der Waals surface area contributed by atoms with E-state index in [-0.39, 0.29) is 28.7 Å². The van der Waals surface area contributed by atoms with Crippen LogP contribution in [0.1, 0.15) is 37.8 Å². The number of nitro groups is 1. The third kappa shape index (κ3) is 8.54. The number of anilines is 1. The third-order valence-electron chi connectivity index (χ3n) is 6.84. The number of sulfonamides is 1. The maximum atomic E-state index is 14.0. The average Bonchev–Trinajstić information content (AvgIpc) is 2.98. The fourth-order valence-corrected chi connectivity index (χ4v) is 6.18. The number of carbonyl (C=O) groups excluding carboxylic acids is 2. The van der Waals surface area contributed by atoms with Crippen LogP contribution in [0.15, 0.2) is 76.1 Å². The van der Waals surface area contributed by atoms with E-state index in [1.54, 1.807) is 31.2 Å². The molecular formula is C30H35BrN4O7S. The molecule has 0 unspecified atom stereocenters. The molecule has 0 bridgehead atoms. The van der Waals surface area contributed by atoms with Crippen LogP contribution in [0.4, 0.5) is 11.4 Å². The molecule has 13 heteroatoms. The highest BCUT2D eigenvalue weighted by molar-refractivity contribution is 9.10. The minimum Gasteiger partial charge on any atom is -0.497 e. The second kappa shape index (κ2) is 15.0.